The second-order valence-corrected chi connectivity index (χ2v) is 6.30. The maximum atomic E-state index is 12.1. The molecule has 0 saturated carbocycles. The van der Waals surface area contributed by atoms with E-state index in [1.54, 1.807) is 0 Å². The zero-order chi connectivity index (χ0) is 11.4. The summed E-state index contributed by atoms with van der Waals surface area (Å²) in [6.45, 7) is 11.4. The van der Waals surface area contributed by atoms with Crippen molar-refractivity contribution in [3.8, 4) is 0 Å². The van der Waals surface area contributed by atoms with Crippen LogP contribution in [0.5, 0.6) is 0 Å². The van der Waals surface area contributed by atoms with Crippen LogP contribution >= 0.6 is 0 Å². The van der Waals surface area contributed by atoms with E-state index >= 15 is 0 Å². The molecule has 1 atom stereocenters. The van der Waals surface area contributed by atoms with E-state index in [4.69, 9.17) is 0 Å². The lowest BCUT2D eigenvalue weighted by Crippen LogP contribution is -2.29. The van der Waals surface area contributed by atoms with Gasteiger partial charge >= 0.3 is 0 Å². The highest BCUT2D eigenvalue weighted by atomic mass is 16.1. The van der Waals surface area contributed by atoms with Crippen molar-refractivity contribution in [3.05, 3.63) is 11.1 Å². The molecule has 0 radical (unpaired) electrons. The van der Waals surface area contributed by atoms with Crippen LogP contribution in [0.3, 0.4) is 0 Å². The SMILES string of the molecule is C[C@H]1C(C)(C)C2=C(C(=O)CCC2)C1(C)C. The molecule has 1 nitrogen and oxygen atoms in total. The Morgan fingerprint density at radius 3 is 2.20 bits per heavy atom. The van der Waals surface area contributed by atoms with Gasteiger partial charge in [0.25, 0.3) is 0 Å². The number of hydrogen-bond donors (Lipinski definition) is 0. The van der Waals surface area contributed by atoms with Crippen molar-refractivity contribution < 1.29 is 4.79 Å². The van der Waals surface area contributed by atoms with Gasteiger partial charge in [-0.05, 0) is 29.6 Å². The molecule has 0 aliphatic heterocycles. The molecule has 0 bridgehead atoms. The predicted molar refractivity (Wildman–Crippen MR) is 62.6 cm³/mol. The summed E-state index contributed by atoms with van der Waals surface area (Å²) in [7, 11) is 0. The fraction of sp³-hybridized carbons (Fsp3) is 0.786. The van der Waals surface area contributed by atoms with Crippen molar-refractivity contribution >= 4 is 5.78 Å². The molecule has 2 aliphatic carbocycles. The third-order valence-electron chi connectivity index (χ3n) is 5.00. The zero-order valence-electron chi connectivity index (χ0n) is 10.6. The molecule has 0 heterocycles. The largest absolute Gasteiger partial charge is 0.295 e. The number of carbonyl (C=O) groups is 1. The molecule has 0 N–H and O–H groups in total. The summed E-state index contributed by atoms with van der Waals surface area (Å²) >= 11 is 0. The summed E-state index contributed by atoms with van der Waals surface area (Å²) in [5, 5.41) is 0. The van der Waals surface area contributed by atoms with Gasteiger partial charge in [-0.15, -0.1) is 0 Å². The third kappa shape index (κ3) is 1.25. The van der Waals surface area contributed by atoms with Crippen LogP contribution in [0.1, 0.15) is 53.9 Å². The molecule has 15 heavy (non-hydrogen) atoms. The Hall–Kier alpha value is -0.590. The molecule has 84 valence electrons. The molecule has 0 spiro atoms. The molecule has 0 unspecified atom stereocenters. The maximum Gasteiger partial charge on any atom is 0.159 e. The zero-order valence-corrected chi connectivity index (χ0v) is 10.6. The maximum absolute atomic E-state index is 12.1. The highest BCUT2D eigenvalue weighted by Crippen LogP contribution is 2.59. The molecule has 0 aromatic heterocycles. The monoisotopic (exact) mass is 206 g/mol. The molecule has 0 aromatic carbocycles. The van der Waals surface area contributed by atoms with E-state index in [0.29, 0.717) is 11.7 Å². The number of Topliss-reactive ketones (excluding diaryl/α,β-unsaturated/α-hetero) is 1. The quantitative estimate of drug-likeness (QED) is 0.590. The van der Waals surface area contributed by atoms with Crippen molar-refractivity contribution in [2.75, 3.05) is 0 Å². The first-order valence-corrected chi connectivity index (χ1v) is 6.07. The van der Waals surface area contributed by atoms with Gasteiger partial charge in [0.1, 0.15) is 0 Å². The standard InChI is InChI=1S/C14H22O/c1-9-13(2,3)10-7-6-8-11(15)12(10)14(9,4)5/h9H,6-8H2,1-5H3/t9-/m0/s1. The lowest BCUT2D eigenvalue weighted by Gasteiger charge is -2.34. The molecule has 0 aromatic rings. The van der Waals surface area contributed by atoms with Crippen LogP contribution in [-0.4, -0.2) is 5.78 Å². The lowest BCUT2D eigenvalue weighted by molar-refractivity contribution is -0.117. The summed E-state index contributed by atoms with van der Waals surface area (Å²) in [5.74, 6) is 0.982. The smallest absolute Gasteiger partial charge is 0.159 e. The molecule has 0 amide bonds. The van der Waals surface area contributed by atoms with E-state index in [9.17, 15) is 4.79 Å². The molecular formula is C14H22O. The predicted octanol–water partition coefficient (Wildman–Crippen LogP) is 3.74. The van der Waals surface area contributed by atoms with Crippen LogP contribution in [-0.2, 0) is 4.79 Å². The van der Waals surface area contributed by atoms with E-state index in [0.717, 1.165) is 19.3 Å². The number of allylic oxidation sites excluding steroid dienone is 2. The summed E-state index contributed by atoms with van der Waals surface area (Å²) in [6, 6.07) is 0. The Balaban J connectivity index is 2.60. The van der Waals surface area contributed by atoms with E-state index < -0.39 is 0 Å². The van der Waals surface area contributed by atoms with Gasteiger partial charge < -0.3 is 0 Å². The molecule has 0 saturated heterocycles. The highest BCUT2D eigenvalue weighted by molar-refractivity contribution is 5.99. The van der Waals surface area contributed by atoms with Gasteiger partial charge in [-0.3, -0.25) is 4.79 Å². The average molecular weight is 206 g/mol. The van der Waals surface area contributed by atoms with Crippen LogP contribution < -0.4 is 0 Å². The van der Waals surface area contributed by atoms with Gasteiger partial charge in [0, 0.05) is 12.0 Å². The van der Waals surface area contributed by atoms with Crippen molar-refractivity contribution in [1.29, 1.82) is 0 Å². The summed E-state index contributed by atoms with van der Waals surface area (Å²) < 4.78 is 0. The lowest BCUT2D eigenvalue weighted by atomic mass is 9.69. The second kappa shape index (κ2) is 2.96. The second-order valence-electron chi connectivity index (χ2n) is 6.30. The van der Waals surface area contributed by atoms with E-state index in [1.165, 1.54) is 11.1 Å². The molecule has 2 rings (SSSR count). The molecule has 1 heteroatoms. The normalized spacial score (nSPS) is 33.1. The van der Waals surface area contributed by atoms with Crippen LogP contribution in [0, 0.1) is 16.7 Å². The summed E-state index contributed by atoms with van der Waals surface area (Å²) in [4.78, 5) is 12.1. The average Bonchev–Trinajstić information content (AvgIpc) is 2.27. The minimum absolute atomic E-state index is 0.0797. The summed E-state index contributed by atoms with van der Waals surface area (Å²) in [5.41, 5.74) is 2.92. The highest BCUT2D eigenvalue weighted by Gasteiger charge is 2.52. The van der Waals surface area contributed by atoms with E-state index in [-0.39, 0.29) is 10.8 Å². The van der Waals surface area contributed by atoms with Crippen molar-refractivity contribution in [2.45, 2.75) is 53.9 Å². The number of rotatable bonds is 0. The van der Waals surface area contributed by atoms with Crippen molar-refractivity contribution in [3.63, 3.8) is 0 Å². The Bertz CT molecular complexity index is 344. The fourth-order valence-corrected chi connectivity index (χ4v) is 3.62. The first-order valence-electron chi connectivity index (χ1n) is 6.07. The minimum Gasteiger partial charge on any atom is -0.295 e. The first-order chi connectivity index (χ1) is 6.79. The van der Waals surface area contributed by atoms with Gasteiger partial charge in [0.15, 0.2) is 5.78 Å². The van der Waals surface area contributed by atoms with Gasteiger partial charge in [0.05, 0.1) is 0 Å². The van der Waals surface area contributed by atoms with Gasteiger partial charge in [-0.2, -0.15) is 0 Å². The Morgan fingerprint density at radius 2 is 1.67 bits per heavy atom. The van der Waals surface area contributed by atoms with Crippen LogP contribution in [0.15, 0.2) is 11.1 Å². The van der Waals surface area contributed by atoms with Crippen molar-refractivity contribution in [2.24, 2.45) is 16.7 Å². The number of carbonyl (C=O) groups excluding carboxylic acids is 1. The summed E-state index contributed by atoms with van der Waals surface area (Å²) in [6.07, 6.45) is 2.97. The molecule has 2 aliphatic rings. The molecule has 0 fully saturated rings. The Labute approximate surface area is 92.9 Å². The van der Waals surface area contributed by atoms with Crippen LogP contribution in [0.2, 0.25) is 0 Å². The first kappa shape index (κ1) is 10.9. The third-order valence-corrected chi connectivity index (χ3v) is 5.00. The fourth-order valence-electron chi connectivity index (χ4n) is 3.62. The Kier molecular flexibility index (Phi) is 2.15. The van der Waals surface area contributed by atoms with Gasteiger partial charge in [0.2, 0.25) is 0 Å². The number of ketones is 1. The van der Waals surface area contributed by atoms with Crippen LogP contribution in [0.4, 0.5) is 0 Å². The Morgan fingerprint density at radius 1 is 1.07 bits per heavy atom. The van der Waals surface area contributed by atoms with Crippen molar-refractivity contribution in [1.82, 2.24) is 0 Å². The number of hydrogen-bond acceptors (Lipinski definition) is 1. The molecular weight excluding hydrogens is 184 g/mol. The topological polar surface area (TPSA) is 17.1 Å². The van der Waals surface area contributed by atoms with Gasteiger partial charge in [-0.25, -0.2) is 0 Å². The van der Waals surface area contributed by atoms with E-state index in [1.807, 2.05) is 0 Å². The van der Waals surface area contributed by atoms with Gasteiger partial charge in [-0.1, -0.05) is 40.2 Å². The van der Waals surface area contributed by atoms with E-state index in [2.05, 4.69) is 34.6 Å². The minimum atomic E-state index is 0.0797. The van der Waals surface area contributed by atoms with Crippen LogP contribution in [0.25, 0.3) is 0 Å².